The molecule has 1 aliphatic carbocycles. The van der Waals surface area contributed by atoms with Crippen molar-refractivity contribution in [1.82, 2.24) is 14.5 Å². The van der Waals surface area contributed by atoms with Gasteiger partial charge in [0, 0.05) is 44.9 Å². The first-order chi connectivity index (χ1) is 8.78. The Bertz CT molecular complexity index is 411. The van der Waals surface area contributed by atoms with Crippen LogP contribution in [0.3, 0.4) is 0 Å². The Kier molecular flexibility index (Phi) is 3.39. The molecule has 100 valence electrons. The summed E-state index contributed by atoms with van der Waals surface area (Å²) in [4.78, 5) is 7.12. The minimum atomic E-state index is 0.486. The van der Waals surface area contributed by atoms with Crippen molar-refractivity contribution in [3.63, 3.8) is 0 Å². The van der Waals surface area contributed by atoms with Crippen LogP contribution in [0.4, 0.5) is 0 Å². The van der Waals surface area contributed by atoms with Crippen molar-refractivity contribution >= 4 is 0 Å². The monoisotopic (exact) mass is 249 g/mol. The lowest BCUT2D eigenvalue weighted by Crippen LogP contribution is -2.37. The first-order valence-electron chi connectivity index (χ1n) is 7.08. The summed E-state index contributed by atoms with van der Waals surface area (Å²) in [6.07, 6.45) is 4.79. The number of aryl methyl sites for hydroxylation is 1. The van der Waals surface area contributed by atoms with Gasteiger partial charge in [-0.1, -0.05) is 0 Å². The number of fused-ring (bicyclic) bond motifs is 1. The van der Waals surface area contributed by atoms with E-state index in [1.54, 1.807) is 0 Å². The van der Waals surface area contributed by atoms with Gasteiger partial charge in [0.15, 0.2) is 0 Å². The third kappa shape index (κ3) is 2.45. The summed E-state index contributed by atoms with van der Waals surface area (Å²) in [5, 5.41) is 0. The highest BCUT2D eigenvalue weighted by atomic mass is 16.5. The smallest absolute Gasteiger partial charge is 0.0949 e. The molecule has 2 heterocycles. The van der Waals surface area contributed by atoms with Crippen LogP contribution in [0.15, 0.2) is 6.33 Å². The number of hydrogen-bond acceptors (Lipinski definition) is 3. The molecule has 0 aromatic carbocycles. The molecule has 1 aromatic rings. The number of rotatable bonds is 5. The van der Waals surface area contributed by atoms with E-state index in [0.29, 0.717) is 5.92 Å². The number of aromatic nitrogens is 2. The van der Waals surface area contributed by atoms with Gasteiger partial charge in [-0.05, 0) is 25.7 Å². The molecule has 0 amide bonds. The zero-order chi connectivity index (χ0) is 12.5. The highest BCUT2D eigenvalue weighted by Gasteiger charge is 2.32. The molecule has 1 aliphatic heterocycles. The fourth-order valence-corrected chi connectivity index (χ4v) is 3.00. The van der Waals surface area contributed by atoms with Gasteiger partial charge in [0.05, 0.1) is 18.6 Å². The van der Waals surface area contributed by atoms with E-state index in [4.69, 9.17) is 4.74 Å². The molecular formula is C14H23N3O. The predicted octanol–water partition coefficient (Wildman–Crippen LogP) is 1.77. The standard InChI is InChI=1S/C14H23N3O/c1-3-18-9-12-7-17(6-11-4-5-11)8-13-14(12)16(2)10-15-13/h10-12H,3-9H2,1-2H3. The van der Waals surface area contributed by atoms with Gasteiger partial charge in [-0.25, -0.2) is 4.98 Å². The maximum Gasteiger partial charge on any atom is 0.0949 e. The number of ether oxygens (including phenoxy) is 1. The second kappa shape index (κ2) is 5.02. The molecule has 1 aromatic heterocycles. The number of imidazole rings is 1. The topological polar surface area (TPSA) is 30.3 Å². The Morgan fingerprint density at radius 3 is 3.00 bits per heavy atom. The van der Waals surface area contributed by atoms with Crippen molar-refractivity contribution in [1.29, 1.82) is 0 Å². The molecule has 4 nitrogen and oxygen atoms in total. The largest absolute Gasteiger partial charge is 0.381 e. The normalized spacial score (nSPS) is 24.2. The van der Waals surface area contributed by atoms with Crippen molar-refractivity contribution in [2.45, 2.75) is 32.2 Å². The van der Waals surface area contributed by atoms with Crippen LogP contribution in [-0.4, -0.2) is 40.8 Å². The minimum Gasteiger partial charge on any atom is -0.381 e. The number of hydrogen-bond donors (Lipinski definition) is 0. The lowest BCUT2D eigenvalue weighted by molar-refractivity contribution is 0.103. The third-order valence-corrected chi connectivity index (χ3v) is 4.04. The van der Waals surface area contributed by atoms with Crippen LogP contribution >= 0.6 is 0 Å². The summed E-state index contributed by atoms with van der Waals surface area (Å²) in [7, 11) is 2.10. The van der Waals surface area contributed by atoms with E-state index >= 15 is 0 Å². The van der Waals surface area contributed by atoms with Crippen LogP contribution < -0.4 is 0 Å². The highest BCUT2D eigenvalue weighted by molar-refractivity contribution is 5.22. The molecule has 4 heteroatoms. The molecule has 1 fully saturated rings. The van der Waals surface area contributed by atoms with Crippen molar-refractivity contribution in [3.8, 4) is 0 Å². The van der Waals surface area contributed by atoms with Crippen LogP contribution in [0.1, 0.15) is 37.1 Å². The van der Waals surface area contributed by atoms with Crippen molar-refractivity contribution in [3.05, 3.63) is 17.7 Å². The summed E-state index contributed by atoms with van der Waals surface area (Å²) in [6, 6.07) is 0. The van der Waals surface area contributed by atoms with E-state index in [1.165, 1.54) is 30.8 Å². The lowest BCUT2D eigenvalue weighted by Gasteiger charge is -2.32. The average Bonchev–Trinajstić information content (AvgIpc) is 3.09. The van der Waals surface area contributed by atoms with Gasteiger partial charge >= 0.3 is 0 Å². The maximum atomic E-state index is 5.66. The molecule has 1 unspecified atom stereocenters. The summed E-state index contributed by atoms with van der Waals surface area (Å²) in [6.45, 7) is 7.09. The summed E-state index contributed by atoms with van der Waals surface area (Å²) >= 11 is 0. The number of nitrogens with zero attached hydrogens (tertiary/aromatic N) is 3. The SMILES string of the molecule is CCOCC1CN(CC2CC2)Cc2ncn(C)c21. The second-order valence-corrected chi connectivity index (χ2v) is 5.68. The van der Waals surface area contributed by atoms with Crippen molar-refractivity contribution in [2.24, 2.45) is 13.0 Å². The van der Waals surface area contributed by atoms with E-state index < -0.39 is 0 Å². The summed E-state index contributed by atoms with van der Waals surface area (Å²) in [5.74, 6) is 1.43. The molecule has 2 aliphatic rings. The minimum absolute atomic E-state index is 0.486. The third-order valence-electron chi connectivity index (χ3n) is 4.04. The van der Waals surface area contributed by atoms with Gasteiger partial charge in [0.25, 0.3) is 0 Å². The molecule has 0 bridgehead atoms. The van der Waals surface area contributed by atoms with E-state index in [2.05, 4.69) is 28.4 Å². The van der Waals surface area contributed by atoms with Gasteiger partial charge < -0.3 is 9.30 Å². The molecule has 0 radical (unpaired) electrons. The van der Waals surface area contributed by atoms with Crippen molar-refractivity contribution < 1.29 is 4.74 Å². The van der Waals surface area contributed by atoms with Gasteiger partial charge in [0.2, 0.25) is 0 Å². The van der Waals surface area contributed by atoms with Gasteiger partial charge in [-0.3, -0.25) is 4.90 Å². The lowest BCUT2D eigenvalue weighted by atomic mass is 9.98. The molecule has 18 heavy (non-hydrogen) atoms. The van der Waals surface area contributed by atoms with Gasteiger partial charge in [-0.15, -0.1) is 0 Å². The van der Waals surface area contributed by atoms with Crippen LogP contribution in [0.2, 0.25) is 0 Å². The van der Waals surface area contributed by atoms with Crippen molar-refractivity contribution in [2.75, 3.05) is 26.3 Å². The molecule has 0 spiro atoms. The Hall–Kier alpha value is -0.870. The Morgan fingerprint density at radius 2 is 2.28 bits per heavy atom. The average molecular weight is 249 g/mol. The van der Waals surface area contributed by atoms with E-state index in [1.807, 2.05) is 6.33 Å². The van der Waals surface area contributed by atoms with E-state index in [9.17, 15) is 0 Å². The molecular weight excluding hydrogens is 226 g/mol. The van der Waals surface area contributed by atoms with Crippen LogP contribution in [0, 0.1) is 5.92 Å². The Labute approximate surface area is 109 Å². The Morgan fingerprint density at radius 1 is 1.44 bits per heavy atom. The fraction of sp³-hybridized carbons (Fsp3) is 0.786. The quantitative estimate of drug-likeness (QED) is 0.796. The highest BCUT2D eigenvalue weighted by Crippen LogP contribution is 2.33. The first kappa shape index (κ1) is 12.2. The van der Waals surface area contributed by atoms with Gasteiger partial charge in [0.1, 0.15) is 0 Å². The Balaban J connectivity index is 1.75. The second-order valence-electron chi connectivity index (χ2n) is 5.68. The molecule has 1 saturated carbocycles. The molecule has 1 atom stereocenters. The molecule has 0 saturated heterocycles. The van der Waals surface area contributed by atoms with E-state index in [-0.39, 0.29) is 0 Å². The maximum absolute atomic E-state index is 5.66. The first-order valence-corrected chi connectivity index (χ1v) is 7.08. The predicted molar refractivity (Wildman–Crippen MR) is 70.4 cm³/mol. The molecule has 3 rings (SSSR count). The summed E-state index contributed by atoms with van der Waals surface area (Å²) < 4.78 is 7.83. The zero-order valence-electron chi connectivity index (χ0n) is 11.4. The van der Waals surface area contributed by atoms with Crippen LogP contribution in [-0.2, 0) is 18.3 Å². The molecule has 0 N–H and O–H groups in total. The van der Waals surface area contributed by atoms with Crippen LogP contribution in [0.25, 0.3) is 0 Å². The fourth-order valence-electron chi connectivity index (χ4n) is 3.00. The summed E-state index contributed by atoms with van der Waals surface area (Å²) in [5.41, 5.74) is 2.64. The van der Waals surface area contributed by atoms with Crippen LogP contribution in [0.5, 0.6) is 0 Å². The van der Waals surface area contributed by atoms with E-state index in [0.717, 1.165) is 32.2 Å². The van der Waals surface area contributed by atoms with Gasteiger partial charge in [-0.2, -0.15) is 0 Å². The zero-order valence-corrected chi connectivity index (χ0v) is 11.4.